The molecule has 2 rings (SSSR count). The van der Waals surface area contributed by atoms with Gasteiger partial charge in [0.15, 0.2) is 5.82 Å². The Labute approximate surface area is 138 Å². The molecule has 23 heavy (non-hydrogen) atoms. The van der Waals surface area contributed by atoms with E-state index in [2.05, 4.69) is 16.5 Å². The van der Waals surface area contributed by atoms with E-state index in [1.165, 1.54) is 6.26 Å². The zero-order chi connectivity index (χ0) is 17.0. The molecule has 0 saturated heterocycles. The first-order chi connectivity index (χ1) is 10.8. The van der Waals surface area contributed by atoms with Crippen molar-refractivity contribution in [3.8, 4) is 0 Å². The Morgan fingerprint density at radius 3 is 2.65 bits per heavy atom. The van der Waals surface area contributed by atoms with E-state index in [4.69, 9.17) is 10.7 Å². The number of rotatable bonds is 8. The van der Waals surface area contributed by atoms with Crippen LogP contribution in [0.15, 0.2) is 6.20 Å². The van der Waals surface area contributed by atoms with E-state index in [1.54, 1.807) is 6.20 Å². The summed E-state index contributed by atoms with van der Waals surface area (Å²) in [6.07, 6.45) is 7.59. The number of hydrogen-bond acceptors (Lipinski definition) is 5. The van der Waals surface area contributed by atoms with Crippen molar-refractivity contribution in [3.63, 3.8) is 0 Å². The van der Waals surface area contributed by atoms with E-state index >= 15 is 0 Å². The highest BCUT2D eigenvalue weighted by molar-refractivity contribution is 7.90. The summed E-state index contributed by atoms with van der Waals surface area (Å²) in [6.45, 7) is 4.92. The Bertz CT molecular complexity index is 781. The van der Waals surface area contributed by atoms with Crippen LogP contribution in [0.5, 0.6) is 0 Å². The van der Waals surface area contributed by atoms with Crippen molar-refractivity contribution in [1.29, 1.82) is 0 Å². The van der Waals surface area contributed by atoms with Crippen molar-refractivity contribution in [1.82, 2.24) is 14.5 Å². The van der Waals surface area contributed by atoms with Gasteiger partial charge in [-0.2, -0.15) is 0 Å². The number of imidazole rings is 1. The largest absolute Gasteiger partial charge is 0.382 e. The van der Waals surface area contributed by atoms with Crippen molar-refractivity contribution in [2.24, 2.45) is 0 Å². The minimum Gasteiger partial charge on any atom is -0.382 e. The molecule has 0 aliphatic heterocycles. The smallest absolute Gasteiger partial charge is 0.151 e. The summed E-state index contributed by atoms with van der Waals surface area (Å²) in [4.78, 5) is 8.89. The standard InChI is InChI=1S/C16H26N4O2S/c1-4-5-8-13-19-14-15(12(2)11-18-16(14)17)20(13)9-6-7-10-23(3,21)22/h11H,4-10H2,1-3H3,(H2,17,18). The maximum atomic E-state index is 11.3. The minimum atomic E-state index is -2.90. The van der Waals surface area contributed by atoms with Gasteiger partial charge in [0, 0.05) is 31.2 Å². The molecule has 0 spiro atoms. The minimum absolute atomic E-state index is 0.229. The lowest BCUT2D eigenvalue weighted by molar-refractivity contribution is 0.581. The molecule has 0 bridgehead atoms. The van der Waals surface area contributed by atoms with Crippen LogP contribution in [0.4, 0.5) is 5.82 Å². The third-order valence-corrected chi connectivity index (χ3v) is 4.99. The number of anilines is 1. The summed E-state index contributed by atoms with van der Waals surface area (Å²) in [7, 11) is -2.90. The molecule has 0 aliphatic carbocycles. The molecular formula is C16H26N4O2S. The van der Waals surface area contributed by atoms with Gasteiger partial charge in [-0.15, -0.1) is 0 Å². The first-order valence-corrected chi connectivity index (χ1v) is 10.2. The van der Waals surface area contributed by atoms with E-state index in [0.29, 0.717) is 12.2 Å². The lowest BCUT2D eigenvalue weighted by Gasteiger charge is -2.10. The maximum Gasteiger partial charge on any atom is 0.151 e. The summed E-state index contributed by atoms with van der Waals surface area (Å²) in [5.74, 6) is 1.70. The van der Waals surface area contributed by atoms with E-state index in [-0.39, 0.29) is 5.75 Å². The average Bonchev–Trinajstić information content (AvgIpc) is 2.84. The van der Waals surface area contributed by atoms with Crippen LogP contribution >= 0.6 is 0 Å². The van der Waals surface area contributed by atoms with Crippen molar-refractivity contribution in [2.45, 2.75) is 52.5 Å². The number of pyridine rings is 1. The van der Waals surface area contributed by atoms with Crippen molar-refractivity contribution in [3.05, 3.63) is 17.6 Å². The molecule has 2 N–H and O–H groups in total. The van der Waals surface area contributed by atoms with Gasteiger partial charge in [-0.05, 0) is 31.7 Å². The number of fused-ring (bicyclic) bond motifs is 1. The van der Waals surface area contributed by atoms with Crippen molar-refractivity contribution >= 4 is 26.7 Å². The third kappa shape index (κ3) is 4.43. The van der Waals surface area contributed by atoms with Gasteiger partial charge in [0.05, 0.1) is 5.52 Å². The van der Waals surface area contributed by atoms with Gasteiger partial charge in [0.1, 0.15) is 21.2 Å². The molecule has 2 aromatic heterocycles. The van der Waals surface area contributed by atoms with Crippen LogP contribution in [-0.2, 0) is 22.8 Å². The second kappa shape index (κ2) is 7.29. The fraction of sp³-hybridized carbons (Fsp3) is 0.625. The van der Waals surface area contributed by atoms with Gasteiger partial charge < -0.3 is 10.3 Å². The van der Waals surface area contributed by atoms with Gasteiger partial charge in [-0.1, -0.05) is 13.3 Å². The predicted molar refractivity (Wildman–Crippen MR) is 94.2 cm³/mol. The lowest BCUT2D eigenvalue weighted by Crippen LogP contribution is -2.08. The highest BCUT2D eigenvalue weighted by Crippen LogP contribution is 2.25. The monoisotopic (exact) mass is 338 g/mol. The second-order valence-electron chi connectivity index (χ2n) is 6.14. The number of aryl methyl sites for hydroxylation is 3. The highest BCUT2D eigenvalue weighted by atomic mass is 32.2. The van der Waals surface area contributed by atoms with Gasteiger partial charge >= 0.3 is 0 Å². The Morgan fingerprint density at radius 2 is 2.00 bits per heavy atom. The fourth-order valence-electron chi connectivity index (χ4n) is 2.77. The number of hydrogen-bond donors (Lipinski definition) is 1. The van der Waals surface area contributed by atoms with Crippen LogP contribution < -0.4 is 5.73 Å². The molecule has 0 unspecified atom stereocenters. The SMILES string of the molecule is CCCCc1nc2c(N)ncc(C)c2n1CCCCS(C)(=O)=O. The Kier molecular flexibility index (Phi) is 5.62. The molecule has 128 valence electrons. The Hall–Kier alpha value is -1.63. The molecule has 0 fully saturated rings. The first kappa shape index (κ1) is 17.7. The van der Waals surface area contributed by atoms with Crippen LogP contribution in [0.2, 0.25) is 0 Å². The zero-order valence-electron chi connectivity index (χ0n) is 14.2. The summed E-state index contributed by atoms with van der Waals surface area (Å²) in [6, 6.07) is 0. The maximum absolute atomic E-state index is 11.3. The molecule has 0 aromatic carbocycles. The van der Waals surface area contributed by atoms with E-state index in [9.17, 15) is 8.42 Å². The molecule has 7 heteroatoms. The molecule has 0 radical (unpaired) electrons. The average molecular weight is 338 g/mol. The highest BCUT2D eigenvalue weighted by Gasteiger charge is 2.15. The van der Waals surface area contributed by atoms with E-state index in [1.807, 2.05) is 6.92 Å². The van der Waals surface area contributed by atoms with Gasteiger partial charge in [-0.3, -0.25) is 0 Å². The normalized spacial score (nSPS) is 12.1. The third-order valence-electron chi connectivity index (χ3n) is 3.96. The van der Waals surface area contributed by atoms with Gasteiger partial charge in [-0.25, -0.2) is 18.4 Å². The second-order valence-corrected chi connectivity index (χ2v) is 8.40. The zero-order valence-corrected chi connectivity index (χ0v) is 15.0. The number of aromatic nitrogens is 3. The fourth-order valence-corrected chi connectivity index (χ4v) is 3.50. The summed E-state index contributed by atoms with van der Waals surface area (Å²) >= 11 is 0. The summed E-state index contributed by atoms with van der Waals surface area (Å²) in [5.41, 5.74) is 8.82. The van der Waals surface area contributed by atoms with Crippen LogP contribution in [-0.4, -0.2) is 35.0 Å². The predicted octanol–water partition coefficient (Wildman–Crippen LogP) is 2.49. The van der Waals surface area contributed by atoms with Crippen LogP contribution in [0.3, 0.4) is 0 Å². The van der Waals surface area contributed by atoms with Gasteiger partial charge in [0.2, 0.25) is 0 Å². The molecule has 2 aromatic rings. The number of nitrogens with zero attached hydrogens (tertiary/aromatic N) is 3. The lowest BCUT2D eigenvalue weighted by atomic mass is 10.2. The van der Waals surface area contributed by atoms with Gasteiger partial charge in [0.25, 0.3) is 0 Å². The summed E-state index contributed by atoms with van der Waals surface area (Å²) < 4.78 is 24.7. The number of nitrogens with two attached hydrogens (primary N) is 1. The van der Waals surface area contributed by atoms with Crippen LogP contribution in [0, 0.1) is 6.92 Å². The number of sulfone groups is 1. The molecule has 0 amide bonds. The Balaban J connectivity index is 2.29. The molecular weight excluding hydrogens is 312 g/mol. The number of unbranched alkanes of at least 4 members (excludes halogenated alkanes) is 2. The molecule has 6 nitrogen and oxygen atoms in total. The molecule has 0 atom stereocenters. The molecule has 0 saturated carbocycles. The molecule has 0 aliphatic rings. The summed E-state index contributed by atoms with van der Waals surface area (Å²) in [5, 5.41) is 0. The van der Waals surface area contributed by atoms with Crippen LogP contribution in [0.1, 0.15) is 44.0 Å². The van der Waals surface area contributed by atoms with Crippen molar-refractivity contribution < 1.29 is 8.42 Å². The van der Waals surface area contributed by atoms with E-state index < -0.39 is 9.84 Å². The Morgan fingerprint density at radius 1 is 1.26 bits per heavy atom. The number of nitrogen functional groups attached to an aromatic ring is 1. The van der Waals surface area contributed by atoms with Crippen LogP contribution in [0.25, 0.3) is 11.0 Å². The van der Waals surface area contributed by atoms with Crippen molar-refractivity contribution in [2.75, 3.05) is 17.7 Å². The quantitative estimate of drug-likeness (QED) is 0.747. The first-order valence-electron chi connectivity index (χ1n) is 8.11. The topological polar surface area (TPSA) is 90.9 Å². The molecule has 2 heterocycles. The van der Waals surface area contributed by atoms with E-state index in [0.717, 1.165) is 54.6 Å².